The van der Waals surface area contributed by atoms with Crippen LogP contribution in [-0.4, -0.2) is 48.8 Å². The third kappa shape index (κ3) is 4.99. The molecule has 8 heteroatoms. The number of nitrogens with zero attached hydrogens (tertiary/aromatic N) is 3. The maximum atomic E-state index is 12.1. The molecule has 4 N–H and O–H groups in total. The van der Waals surface area contributed by atoms with Crippen LogP contribution in [0.2, 0.25) is 0 Å². The summed E-state index contributed by atoms with van der Waals surface area (Å²) in [6.07, 6.45) is 1.72. The van der Waals surface area contributed by atoms with Gasteiger partial charge in [-0.1, -0.05) is 6.07 Å². The molecule has 160 valence electrons. The number of aryl methyl sites for hydroxylation is 1. The highest BCUT2D eigenvalue weighted by molar-refractivity contribution is 5.96. The average molecular weight is 419 g/mol. The highest BCUT2D eigenvalue weighted by Crippen LogP contribution is 2.24. The normalized spacial score (nSPS) is 13.7. The molecule has 2 aromatic carbocycles. The Bertz CT molecular complexity index is 1050. The lowest BCUT2D eigenvalue weighted by Crippen LogP contribution is -2.36. The third-order valence-electron chi connectivity index (χ3n) is 5.18. The molecule has 3 aromatic rings. The molecule has 0 aliphatic carbocycles. The van der Waals surface area contributed by atoms with Crippen LogP contribution in [0.4, 0.5) is 17.3 Å². The number of morpholine rings is 1. The first kappa shape index (κ1) is 20.8. The average Bonchev–Trinajstić information content (AvgIpc) is 2.80. The molecule has 1 aromatic heterocycles. The molecule has 1 saturated heterocycles. The van der Waals surface area contributed by atoms with Crippen LogP contribution in [-0.2, 0) is 4.74 Å². The van der Waals surface area contributed by atoms with E-state index in [2.05, 4.69) is 37.6 Å². The Morgan fingerprint density at radius 3 is 2.61 bits per heavy atom. The van der Waals surface area contributed by atoms with E-state index < -0.39 is 0 Å². The van der Waals surface area contributed by atoms with Gasteiger partial charge in [0.25, 0.3) is 5.91 Å². The van der Waals surface area contributed by atoms with E-state index in [-0.39, 0.29) is 12.6 Å². The quantitative estimate of drug-likeness (QED) is 0.529. The standard InChI is InChI=1S/C23H26N6O2/c1-16-14-17(2-7-20(16)22(30)26-15-24)21-8-9-25-23(28-21)27-18-3-5-19(6-4-18)29-10-12-31-13-11-29/h2-9,14H,10-13,15,24H2,1H3,(H,26,30)(H,25,27,28). The zero-order valence-corrected chi connectivity index (χ0v) is 17.5. The molecule has 0 spiro atoms. The van der Waals surface area contributed by atoms with Gasteiger partial charge in [0.1, 0.15) is 0 Å². The molecule has 0 unspecified atom stereocenters. The smallest absolute Gasteiger partial charge is 0.252 e. The molecule has 8 nitrogen and oxygen atoms in total. The summed E-state index contributed by atoms with van der Waals surface area (Å²) in [5, 5.41) is 5.88. The Morgan fingerprint density at radius 1 is 1.13 bits per heavy atom. The molecule has 0 atom stereocenters. The summed E-state index contributed by atoms with van der Waals surface area (Å²) in [5.74, 6) is 0.330. The third-order valence-corrected chi connectivity index (χ3v) is 5.18. The minimum atomic E-state index is -0.183. The van der Waals surface area contributed by atoms with Gasteiger partial charge in [0, 0.05) is 41.8 Å². The Hall–Kier alpha value is -3.49. The van der Waals surface area contributed by atoms with Crippen LogP contribution in [0.25, 0.3) is 11.3 Å². The second-order valence-electron chi connectivity index (χ2n) is 7.28. The van der Waals surface area contributed by atoms with Gasteiger partial charge in [0.2, 0.25) is 5.95 Å². The second-order valence-corrected chi connectivity index (χ2v) is 7.28. The van der Waals surface area contributed by atoms with E-state index in [1.54, 1.807) is 12.3 Å². The van der Waals surface area contributed by atoms with E-state index in [0.717, 1.165) is 48.8 Å². The van der Waals surface area contributed by atoms with Crippen LogP contribution in [0.15, 0.2) is 54.7 Å². The number of amides is 1. The molecule has 0 saturated carbocycles. The number of nitrogens with one attached hydrogen (secondary N) is 2. The lowest BCUT2D eigenvalue weighted by Gasteiger charge is -2.28. The van der Waals surface area contributed by atoms with Crippen LogP contribution in [0.3, 0.4) is 0 Å². The molecule has 0 bridgehead atoms. The molecule has 1 aliphatic rings. The number of ether oxygens (including phenoxy) is 1. The van der Waals surface area contributed by atoms with E-state index in [0.29, 0.717) is 11.5 Å². The van der Waals surface area contributed by atoms with Crippen molar-refractivity contribution in [1.82, 2.24) is 15.3 Å². The maximum absolute atomic E-state index is 12.1. The van der Waals surface area contributed by atoms with E-state index in [4.69, 9.17) is 10.5 Å². The first-order valence-electron chi connectivity index (χ1n) is 10.3. The van der Waals surface area contributed by atoms with Crippen molar-refractivity contribution in [2.24, 2.45) is 5.73 Å². The minimum Gasteiger partial charge on any atom is -0.378 e. The van der Waals surface area contributed by atoms with E-state index in [1.807, 2.05) is 37.3 Å². The van der Waals surface area contributed by atoms with Crippen molar-refractivity contribution in [3.63, 3.8) is 0 Å². The van der Waals surface area contributed by atoms with Crippen LogP contribution >= 0.6 is 0 Å². The summed E-state index contributed by atoms with van der Waals surface area (Å²) < 4.78 is 5.41. The van der Waals surface area contributed by atoms with Gasteiger partial charge in [-0.3, -0.25) is 4.79 Å². The van der Waals surface area contributed by atoms with Crippen molar-refractivity contribution in [2.75, 3.05) is 43.2 Å². The number of hydrogen-bond acceptors (Lipinski definition) is 7. The summed E-state index contributed by atoms with van der Waals surface area (Å²) in [4.78, 5) is 23.3. The monoisotopic (exact) mass is 418 g/mol. The van der Waals surface area contributed by atoms with E-state index >= 15 is 0 Å². The molecule has 0 radical (unpaired) electrons. The van der Waals surface area contributed by atoms with Crippen molar-refractivity contribution in [1.29, 1.82) is 0 Å². The van der Waals surface area contributed by atoms with Gasteiger partial charge in [0.05, 0.1) is 25.6 Å². The van der Waals surface area contributed by atoms with Crippen LogP contribution in [0, 0.1) is 6.92 Å². The molecule has 31 heavy (non-hydrogen) atoms. The Morgan fingerprint density at radius 2 is 1.90 bits per heavy atom. The van der Waals surface area contributed by atoms with E-state index in [1.165, 1.54) is 5.69 Å². The van der Waals surface area contributed by atoms with Gasteiger partial charge in [0.15, 0.2) is 0 Å². The topological polar surface area (TPSA) is 105 Å². The molecule has 1 fully saturated rings. The van der Waals surface area contributed by atoms with Gasteiger partial charge >= 0.3 is 0 Å². The van der Waals surface area contributed by atoms with Crippen molar-refractivity contribution >= 4 is 23.2 Å². The zero-order chi connectivity index (χ0) is 21.6. The van der Waals surface area contributed by atoms with E-state index in [9.17, 15) is 4.79 Å². The fraction of sp³-hybridized carbons (Fsp3) is 0.261. The predicted molar refractivity (Wildman–Crippen MR) is 121 cm³/mol. The van der Waals surface area contributed by atoms with Crippen molar-refractivity contribution in [3.05, 3.63) is 65.9 Å². The van der Waals surface area contributed by atoms with Gasteiger partial charge < -0.3 is 26.0 Å². The van der Waals surface area contributed by atoms with Gasteiger partial charge in [-0.2, -0.15) is 0 Å². The summed E-state index contributed by atoms with van der Waals surface area (Å²) in [6.45, 7) is 5.34. The Kier molecular flexibility index (Phi) is 6.40. The van der Waals surface area contributed by atoms with Crippen molar-refractivity contribution < 1.29 is 9.53 Å². The number of carbonyl (C=O) groups excluding carboxylic acids is 1. The Labute approximate surface area is 181 Å². The first-order chi connectivity index (χ1) is 15.1. The summed E-state index contributed by atoms with van der Waals surface area (Å²) >= 11 is 0. The van der Waals surface area contributed by atoms with Gasteiger partial charge in [-0.15, -0.1) is 0 Å². The number of carbonyl (C=O) groups is 1. The fourth-order valence-corrected chi connectivity index (χ4v) is 3.55. The molecular weight excluding hydrogens is 392 g/mol. The molecule has 1 amide bonds. The highest BCUT2D eigenvalue weighted by Gasteiger charge is 2.12. The van der Waals surface area contributed by atoms with Crippen molar-refractivity contribution in [3.8, 4) is 11.3 Å². The predicted octanol–water partition coefficient (Wildman–Crippen LogP) is 2.68. The zero-order valence-electron chi connectivity index (χ0n) is 17.5. The summed E-state index contributed by atoms with van der Waals surface area (Å²) in [5.41, 5.74) is 10.6. The number of nitrogens with two attached hydrogens (primary N) is 1. The SMILES string of the molecule is Cc1cc(-c2ccnc(Nc3ccc(N4CCOCC4)cc3)n2)ccc1C(=O)NCN. The number of aromatic nitrogens is 2. The van der Waals surface area contributed by atoms with Gasteiger partial charge in [-0.25, -0.2) is 9.97 Å². The number of anilines is 3. The fourth-order valence-electron chi connectivity index (χ4n) is 3.55. The lowest BCUT2D eigenvalue weighted by molar-refractivity contribution is 0.0954. The number of rotatable bonds is 6. The number of hydrogen-bond donors (Lipinski definition) is 3. The molecular formula is C23H26N6O2. The maximum Gasteiger partial charge on any atom is 0.252 e. The second kappa shape index (κ2) is 9.55. The summed E-state index contributed by atoms with van der Waals surface area (Å²) in [6, 6.07) is 15.7. The molecule has 4 rings (SSSR count). The number of benzene rings is 2. The molecule has 1 aliphatic heterocycles. The van der Waals surface area contributed by atoms with Crippen LogP contribution < -0.4 is 21.3 Å². The highest BCUT2D eigenvalue weighted by atomic mass is 16.5. The molecule has 2 heterocycles. The summed E-state index contributed by atoms with van der Waals surface area (Å²) in [7, 11) is 0. The van der Waals surface area contributed by atoms with Gasteiger partial charge in [-0.05, 0) is 55.0 Å². The first-order valence-corrected chi connectivity index (χ1v) is 10.3. The van der Waals surface area contributed by atoms with Crippen LogP contribution in [0.1, 0.15) is 15.9 Å². The largest absolute Gasteiger partial charge is 0.378 e. The van der Waals surface area contributed by atoms with Crippen molar-refractivity contribution in [2.45, 2.75) is 6.92 Å². The Balaban J connectivity index is 1.48. The van der Waals surface area contributed by atoms with Crippen LogP contribution in [0.5, 0.6) is 0 Å². The lowest BCUT2D eigenvalue weighted by atomic mass is 10.0. The minimum absolute atomic E-state index is 0.106.